The normalized spacial score (nSPS) is 12.3. The minimum absolute atomic E-state index is 0.0449. The Kier molecular flexibility index (Phi) is 3.46. The molecule has 1 aromatic carbocycles. The fraction of sp³-hybridized carbons (Fsp3) is 0.333. The zero-order valence-corrected chi connectivity index (χ0v) is 10.7. The van der Waals surface area contributed by atoms with E-state index in [0.29, 0.717) is 0 Å². The summed E-state index contributed by atoms with van der Waals surface area (Å²) < 4.78 is 2.53. The largest absolute Gasteiger partial charge is 0.350 e. The third kappa shape index (κ3) is 2.26. The molecule has 0 saturated carbocycles. The topological polar surface area (TPSA) is 83.0 Å². The quantitative estimate of drug-likeness (QED) is 0.622. The van der Waals surface area contributed by atoms with Crippen LogP contribution in [0.4, 0.5) is 5.69 Å². The number of benzene rings is 1. The molecule has 2 aromatic rings. The van der Waals surface area contributed by atoms with Gasteiger partial charge >= 0.3 is 5.69 Å². The highest BCUT2D eigenvalue weighted by Gasteiger charge is 2.18. The standard InChI is InChI=1S/C12H14N4O3/c1-3-9(2)15-12(17)14(8-13-15)10-6-4-5-7-11(10)16(18)19/h4-9H,3H2,1-2H3. The molecule has 0 spiro atoms. The zero-order chi connectivity index (χ0) is 14.0. The number of nitro benzene ring substituents is 1. The molecule has 1 unspecified atom stereocenters. The van der Waals surface area contributed by atoms with Crippen LogP contribution >= 0.6 is 0 Å². The fourth-order valence-electron chi connectivity index (χ4n) is 1.78. The Labute approximate surface area is 109 Å². The number of nitrogens with zero attached hydrogens (tertiary/aromatic N) is 4. The average Bonchev–Trinajstić information content (AvgIpc) is 2.79. The number of aromatic nitrogens is 3. The van der Waals surface area contributed by atoms with Gasteiger partial charge in [-0.05, 0) is 19.4 Å². The van der Waals surface area contributed by atoms with Crippen LogP contribution in [-0.4, -0.2) is 19.3 Å². The first kappa shape index (κ1) is 13.0. The number of nitro groups is 1. The molecule has 1 atom stereocenters. The highest BCUT2D eigenvalue weighted by Crippen LogP contribution is 2.20. The summed E-state index contributed by atoms with van der Waals surface area (Å²) in [5, 5.41) is 15.0. The first-order chi connectivity index (χ1) is 9.06. The Hall–Kier alpha value is -2.44. The summed E-state index contributed by atoms with van der Waals surface area (Å²) >= 11 is 0. The fourth-order valence-corrected chi connectivity index (χ4v) is 1.78. The Bertz CT molecular complexity index is 659. The molecule has 19 heavy (non-hydrogen) atoms. The van der Waals surface area contributed by atoms with Gasteiger partial charge in [0.2, 0.25) is 0 Å². The van der Waals surface area contributed by atoms with Crippen molar-refractivity contribution in [2.75, 3.05) is 0 Å². The maximum atomic E-state index is 12.2. The van der Waals surface area contributed by atoms with E-state index in [1.807, 2.05) is 13.8 Å². The van der Waals surface area contributed by atoms with Gasteiger partial charge in [-0.1, -0.05) is 19.1 Å². The van der Waals surface area contributed by atoms with E-state index < -0.39 is 4.92 Å². The van der Waals surface area contributed by atoms with Gasteiger partial charge in [0.1, 0.15) is 12.0 Å². The maximum Gasteiger partial charge on any atom is 0.350 e. The lowest BCUT2D eigenvalue weighted by atomic mass is 10.2. The van der Waals surface area contributed by atoms with Crippen LogP contribution in [0.5, 0.6) is 0 Å². The smallest absolute Gasteiger partial charge is 0.258 e. The van der Waals surface area contributed by atoms with Crippen LogP contribution in [0.25, 0.3) is 5.69 Å². The first-order valence-corrected chi connectivity index (χ1v) is 5.96. The lowest BCUT2D eigenvalue weighted by Crippen LogP contribution is -2.26. The summed E-state index contributed by atoms with van der Waals surface area (Å²) in [4.78, 5) is 22.6. The SMILES string of the molecule is CCC(C)n1ncn(-c2ccccc2[N+](=O)[O-])c1=O. The highest BCUT2D eigenvalue weighted by atomic mass is 16.6. The van der Waals surface area contributed by atoms with Crippen molar-refractivity contribution < 1.29 is 4.92 Å². The molecule has 7 heteroatoms. The van der Waals surface area contributed by atoms with E-state index in [1.165, 1.54) is 27.7 Å². The van der Waals surface area contributed by atoms with Gasteiger partial charge in [-0.2, -0.15) is 5.10 Å². The van der Waals surface area contributed by atoms with Gasteiger partial charge in [-0.15, -0.1) is 0 Å². The van der Waals surface area contributed by atoms with Gasteiger partial charge in [0.25, 0.3) is 5.69 Å². The Morgan fingerprint density at radius 1 is 1.42 bits per heavy atom. The molecule has 0 saturated heterocycles. The maximum absolute atomic E-state index is 12.2. The summed E-state index contributed by atoms with van der Waals surface area (Å²) in [7, 11) is 0. The number of hydrogen-bond donors (Lipinski definition) is 0. The van der Waals surface area contributed by atoms with Gasteiger partial charge in [0.15, 0.2) is 0 Å². The van der Waals surface area contributed by atoms with Crippen molar-refractivity contribution >= 4 is 5.69 Å². The van der Waals surface area contributed by atoms with Gasteiger partial charge in [0, 0.05) is 6.07 Å². The minimum Gasteiger partial charge on any atom is -0.258 e. The molecule has 1 aromatic heterocycles. The molecule has 0 aliphatic heterocycles. The third-order valence-corrected chi connectivity index (χ3v) is 3.04. The summed E-state index contributed by atoms with van der Waals surface area (Å²) in [6, 6.07) is 6.06. The Morgan fingerprint density at radius 3 is 2.74 bits per heavy atom. The molecule has 0 amide bonds. The molecule has 0 fully saturated rings. The molecule has 7 nitrogen and oxygen atoms in total. The molecule has 0 aliphatic rings. The number of para-hydroxylation sites is 2. The Morgan fingerprint density at radius 2 is 2.11 bits per heavy atom. The molecule has 0 bridgehead atoms. The van der Waals surface area contributed by atoms with Crippen molar-refractivity contribution in [3.63, 3.8) is 0 Å². The molecular formula is C12H14N4O3. The molecule has 0 aliphatic carbocycles. The third-order valence-electron chi connectivity index (χ3n) is 3.04. The number of rotatable bonds is 4. The van der Waals surface area contributed by atoms with E-state index in [9.17, 15) is 14.9 Å². The van der Waals surface area contributed by atoms with Gasteiger partial charge in [-0.25, -0.2) is 14.0 Å². The van der Waals surface area contributed by atoms with Gasteiger partial charge in [0.05, 0.1) is 11.0 Å². The lowest BCUT2D eigenvalue weighted by molar-refractivity contribution is -0.384. The van der Waals surface area contributed by atoms with Crippen molar-refractivity contribution in [1.29, 1.82) is 0 Å². The molecule has 0 radical (unpaired) electrons. The van der Waals surface area contributed by atoms with Crippen LogP contribution in [0.1, 0.15) is 26.3 Å². The molecular weight excluding hydrogens is 248 g/mol. The summed E-state index contributed by atoms with van der Waals surface area (Å²) in [6.07, 6.45) is 2.07. The van der Waals surface area contributed by atoms with E-state index >= 15 is 0 Å². The van der Waals surface area contributed by atoms with Crippen LogP contribution in [-0.2, 0) is 0 Å². The van der Waals surface area contributed by atoms with Crippen molar-refractivity contribution in [3.05, 3.63) is 51.2 Å². The molecule has 0 N–H and O–H groups in total. The second kappa shape index (κ2) is 5.05. The predicted molar refractivity (Wildman–Crippen MR) is 69.5 cm³/mol. The average molecular weight is 262 g/mol. The van der Waals surface area contributed by atoms with Crippen LogP contribution in [0, 0.1) is 10.1 Å². The molecule has 100 valence electrons. The van der Waals surface area contributed by atoms with E-state index in [-0.39, 0.29) is 23.1 Å². The first-order valence-electron chi connectivity index (χ1n) is 5.96. The van der Waals surface area contributed by atoms with E-state index in [4.69, 9.17) is 0 Å². The summed E-state index contributed by atoms with van der Waals surface area (Å²) in [6.45, 7) is 3.82. The zero-order valence-electron chi connectivity index (χ0n) is 10.7. The Balaban J connectivity index is 2.58. The van der Waals surface area contributed by atoms with Crippen LogP contribution in [0.3, 0.4) is 0 Å². The highest BCUT2D eigenvalue weighted by molar-refractivity contribution is 5.51. The number of hydrogen-bond acceptors (Lipinski definition) is 4. The molecule has 2 rings (SSSR count). The van der Waals surface area contributed by atoms with E-state index in [1.54, 1.807) is 12.1 Å². The van der Waals surface area contributed by atoms with Crippen molar-refractivity contribution in [3.8, 4) is 5.69 Å². The molecule has 1 heterocycles. The van der Waals surface area contributed by atoms with Crippen molar-refractivity contribution in [1.82, 2.24) is 14.3 Å². The van der Waals surface area contributed by atoms with Crippen LogP contribution in [0.2, 0.25) is 0 Å². The lowest BCUT2D eigenvalue weighted by Gasteiger charge is -2.06. The van der Waals surface area contributed by atoms with Gasteiger partial charge < -0.3 is 0 Å². The van der Waals surface area contributed by atoms with Crippen molar-refractivity contribution in [2.45, 2.75) is 26.3 Å². The second-order valence-corrected chi connectivity index (χ2v) is 4.23. The monoisotopic (exact) mass is 262 g/mol. The van der Waals surface area contributed by atoms with Crippen LogP contribution < -0.4 is 5.69 Å². The van der Waals surface area contributed by atoms with E-state index in [2.05, 4.69) is 5.10 Å². The summed E-state index contributed by atoms with van der Waals surface area (Å²) in [5.74, 6) is 0. The van der Waals surface area contributed by atoms with Crippen LogP contribution in [0.15, 0.2) is 35.4 Å². The van der Waals surface area contributed by atoms with E-state index in [0.717, 1.165) is 6.42 Å². The second-order valence-electron chi connectivity index (χ2n) is 4.23. The summed E-state index contributed by atoms with van der Waals surface area (Å²) in [5.41, 5.74) is -0.260. The predicted octanol–water partition coefficient (Wildman–Crippen LogP) is 1.91. The van der Waals surface area contributed by atoms with Crippen molar-refractivity contribution in [2.24, 2.45) is 0 Å². The van der Waals surface area contributed by atoms with Gasteiger partial charge in [-0.3, -0.25) is 10.1 Å². The minimum atomic E-state index is -0.512.